The number of amides is 1. The van der Waals surface area contributed by atoms with Crippen LogP contribution in [-0.2, 0) is 23.1 Å². The van der Waals surface area contributed by atoms with Gasteiger partial charge in [0.2, 0.25) is 5.91 Å². The summed E-state index contributed by atoms with van der Waals surface area (Å²) >= 11 is 1.77. The predicted octanol–water partition coefficient (Wildman–Crippen LogP) is 4.81. The molecule has 0 saturated heterocycles. The Kier molecular flexibility index (Phi) is 6.15. The average Bonchev–Trinajstić information content (AvgIpc) is 3.33. The van der Waals surface area contributed by atoms with Gasteiger partial charge in [0.15, 0.2) is 11.4 Å². The minimum atomic E-state index is -0.790. The van der Waals surface area contributed by atoms with Crippen molar-refractivity contribution in [3.8, 4) is 0 Å². The predicted molar refractivity (Wildman–Crippen MR) is 137 cm³/mol. The molecule has 0 radical (unpaired) electrons. The van der Waals surface area contributed by atoms with E-state index in [2.05, 4.69) is 22.2 Å². The van der Waals surface area contributed by atoms with Gasteiger partial charge in [0.1, 0.15) is 5.82 Å². The highest BCUT2D eigenvalue weighted by Gasteiger charge is 2.43. The Morgan fingerprint density at radius 3 is 2.66 bits per heavy atom. The summed E-state index contributed by atoms with van der Waals surface area (Å²) in [5.41, 5.74) is 3.60. The maximum Gasteiger partial charge on any atom is 0.229 e. The number of aryl methyl sites for hydroxylation is 2. The monoisotopic (exact) mass is 485 g/mol. The van der Waals surface area contributed by atoms with Crippen LogP contribution in [0.3, 0.4) is 0 Å². The van der Waals surface area contributed by atoms with E-state index < -0.39 is 5.41 Å². The number of anilines is 1. The van der Waals surface area contributed by atoms with Crippen molar-refractivity contribution < 1.29 is 9.59 Å². The number of pyridine rings is 1. The molecular formula is C27H27N5O2S. The van der Waals surface area contributed by atoms with E-state index in [4.69, 9.17) is 4.98 Å². The number of carbonyl (C=O) groups excluding carboxylic acids is 2. The van der Waals surface area contributed by atoms with Crippen LogP contribution in [0.2, 0.25) is 0 Å². The minimum absolute atomic E-state index is 0.0131. The number of benzene rings is 1. The van der Waals surface area contributed by atoms with Crippen molar-refractivity contribution >= 4 is 34.9 Å². The van der Waals surface area contributed by atoms with Gasteiger partial charge in [-0.15, -0.1) is 11.8 Å². The highest BCUT2D eigenvalue weighted by Crippen LogP contribution is 2.39. The zero-order chi connectivity index (χ0) is 24.6. The van der Waals surface area contributed by atoms with Gasteiger partial charge in [0, 0.05) is 35.2 Å². The number of rotatable bonds is 6. The summed E-state index contributed by atoms with van der Waals surface area (Å²) in [5, 5.41) is 2.94. The lowest BCUT2D eigenvalue weighted by Gasteiger charge is -2.32. The molecule has 1 aliphatic rings. The van der Waals surface area contributed by atoms with Crippen molar-refractivity contribution in [1.29, 1.82) is 0 Å². The summed E-state index contributed by atoms with van der Waals surface area (Å²) in [6, 6.07) is 9.90. The number of hydrogen-bond acceptors (Lipinski definition) is 6. The summed E-state index contributed by atoms with van der Waals surface area (Å²) in [6.45, 7) is 5.92. The third kappa shape index (κ3) is 4.34. The van der Waals surface area contributed by atoms with Gasteiger partial charge >= 0.3 is 0 Å². The molecule has 1 amide bonds. The Morgan fingerprint density at radius 1 is 1.17 bits per heavy atom. The maximum atomic E-state index is 13.7. The van der Waals surface area contributed by atoms with Crippen molar-refractivity contribution in [1.82, 2.24) is 19.4 Å². The van der Waals surface area contributed by atoms with Crippen LogP contribution in [-0.4, -0.2) is 36.8 Å². The zero-order valence-corrected chi connectivity index (χ0v) is 20.9. The van der Waals surface area contributed by atoms with Gasteiger partial charge in [0.05, 0.1) is 23.2 Å². The molecule has 7 nitrogen and oxygen atoms in total. The molecule has 178 valence electrons. The fraction of sp³-hybridized carbons (Fsp3) is 0.296. The molecule has 3 heterocycles. The van der Waals surface area contributed by atoms with E-state index in [9.17, 15) is 9.59 Å². The van der Waals surface area contributed by atoms with Gasteiger partial charge in [-0.1, -0.05) is 19.1 Å². The summed E-state index contributed by atoms with van der Waals surface area (Å²) < 4.78 is 1.88. The molecule has 1 N–H and O–H groups in total. The number of fused-ring (bicyclic) bond motifs is 2. The lowest BCUT2D eigenvalue weighted by molar-refractivity contribution is -0.115. The van der Waals surface area contributed by atoms with E-state index in [0.717, 1.165) is 16.9 Å². The van der Waals surface area contributed by atoms with Gasteiger partial charge in [0.25, 0.3) is 0 Å². The number of nitrogens with zero attached hydrogens (tertiary/aromatic N) is 4. The Labute approximate surface area is 208 Å². The summed E-state index contributed by atoms with van der Waals surface area (Å²) in [7, 11) is 0. The van der Waals surface area contributed by atoms with E-state index in [0.29, 0.717) is 41.3 Å². The van der Waals surface area contributed by atoms with Crippen molar-refractivity contribution in [2.45, 2.75) is 50.3 Å². The van der Waals surface area contributed by atoms with Crippen LogP contribution in [0.25, 0.3) is 5.65 Å². The Balaban J connectivity index is 1.37. The van der Waals surface area contributed by atoms with Gasteiger partial charge in [-0.05, 0) is 61.8 Å². The van der Waals surface area contributed by atoms with Crippen molar-refractivity contribution in [2.75, 3.05) is 11.1 Å². The highest BCUT2D eigenvalue weighted by atomic mass is 32.2. The highest BCUT2D eigenvalue weighted by molar-refractivity contribution is 7.99. The number of hydrogen-bond donors (Lipinski definition) is 1. The third-order valence-electron chi connectivity index (χ3n) is 6.59. The molecule has 0 fully saturated rings. The van der Waals surface area contributed by atoms with Crippen LogP contribution >= 0.6 is 11.8 Å². The fourth-order valence-electron chi connectivity index (χ4n) is 4.65. The van der Waals surface area contributed by atoms with E-state index in [1.54, 1.807) is 24.2 Å². The van der Waals surface area contributed by atoms with E-state index in [1.165, 1.54) is 4.90 Å². The average molecular weight is 486 g/mol. The molecule has 0 aliphatic heterocycles. The SMILES string of the molecule is CCSc1ccc(CC(=O)Nc2nc3c(cc2C)C(=O)C(C)(c2nccn4ccnc24)CC3)cc1. The molecule has 0 bridgehead atoms. The van der Waals surface area contributed by atoms with Crippen LogP contribution in [0.15, 0.2) is 60.0 Å². The smallest absolute Gasteiger partial charge is 0.229 e. The van der Waals surface area contributed by atoms with Gasteiger partial charge in [-0.3, -0.25) is 14.6 Å². The summed E-state index contributed by atoms with van der Waals surface area (Å²) in [4.78, 5) is 41.3. The first-order valence-electron chi connectivity index (χ1n) is 11.7. The van der Waals surface area contributed by atoms with Gasteiger partial charge in [-0.25, -0.2) is 9.97 Å². The van der Waals surface area contributed by atoms with Crippen LogP contribution in [0.1, 0.15) is 53.1 Å². The number of ketones is 1. The largest absolute Gasteiger partial charge is 0.310 e. The molecule has 1 aromatic carbocycles. The maximum absolute atomic E-state index is 13.7. The normalized spacial score (nSPS) is 17.4. The molecule has 35 heavy (non-hydrogen) atoms. The second-order valence-corrected chi connectivity index (χ2v) is 10.4. The first-order chi connectivity index (χ1) is 16.9. The zero-order valence-electron chi connectivity index (χ0n) is 20.0. The number of Topliss-reactive ketones (excluding diaryl/α,β-unsaturated/α-hetero) is 1. The standard InChI is InChI=1S/C27H27N5O2S/c1-4-35-19-7-5-18(6-8-19)16-22(33)31-25-17(2)15-20-21(30-25)9-10-27(3,24(20)34)23-26-29-12-14-32(26)13-11-28-23/h5-8,11-15H,4,9-10,16H2,1-3H3,(H,30,31,33). The molecule has 5 rings (SSSR count). The molecule has 4 aromatic rings. The lowest BCUT2D eigenvalue weighted by atomic mass is 9.70. The molecule has 8 heteroatoms. The summed E-state index contributed by atoms with van der Waals surface area (Å²) in [6.07, 6.45) is 8.55. The van der Waals surface area contributed by atoms with Crippen LogP contribution in [0.5, 0.6) is 0 Å². The number of carbonyl (C=O) groups is 2. The number of aromatic nitrogens is 4. The molecule has 0 spiro atoms. The quantitative estimate of drug-likeness (QED) is 0.394. The number of imidazole rings is 1. The van der Waals surface area contributed by atoms with Crippen LogP contribution in [0.4, 0.5) is 5.82 Å². The molecule has 3 aromatic heterocycles. The number of nitrogens with one attached hydrogen (secondary N) is 1. The number of thioether (sulfide) groups is 1. The van der Waals surface area contributed by atoms with E-state index >= 15 is 0 Å². The van der Waals surface area contributed by atoms with Crippen molar-refractivity contribution in [3.63, 3.8) is 0 Å². The first-order valence-corrected chi connectivity index (χ1v) is 12.7. The topological polar surface area (TPSA) is 89.2 Å². The minimum Gasteiger partial charge on any atom is -0.310 e. The second kappa shape index (κ2) is 9.26. The van der Waals surface area contributed by atoms with Crippen LogP contribution in [0, 0.1) is 6.92 Å². The van der Waals surface area contributed by atoms with E-state index in [-0.39, 0.29) is 18.1 Å². The third-order valence-corrected chi connectivity index (χ3v) is 7.48. The van der Waals surface area contributed by atoms with Crippen LogP contribution < -0.4 is 5.32 Å². The molecule has 1 atom stereocenters. The molecule has 0 saturated carbocycles. The summed E-state index contributed by atoms with van der Waals surface area (Å²) in [5.74, 6) is 1.39. The second-order valence-electron chi connectivity index (χ2n) is 9.05. The molecule has 1 unspecified atom stereocenters. The van der Waals surface area contributed by atoms with Gasteiger partial charge < -0.3 is 9.72 Å². The van der Waals surface area contributed by atoms with Gasteiger partial charge in [-0.2, -0.15) is 0 Å². The fourth-order valence-corrected chi connectivity index (χ4v) is 5.31. The Bertz CT molecular complexity index is 1430. The Morgan fingerprint density at radius 2 is 1.91 bits per heavy atom. The lowest BCUT2D eigenvalue weighted by Crippen LogP contribution is -2.39. The molecule has 1 aliphatic carbocycles. The van der Waals surface area contributed by atoms with Crippen molar-refractivity contribution in [2.24, 2.45) is 0 Å². The van der Waals surface area contributed by atoms with E-state index in [1.807, 2.05) is 61.0 Å². The molecular weight excluding hydrogens is 458 g/mol. The Hall–Kier alpha value is -3.52. The van der Waals surface area contributed by atoms with Crippen molar-refractivity contribution in [3.05, 3.63) is 83.2 Å². The first kappa shape index (κ1) is 23.2.